The molecule has 0 saturated carbocycles. The predicted molar refractivity (Wildman–Crippen MR) is 115 cm³/mol. The maximum Gasteiger partial charge on any atom is 0.280 e. The summed E-state index contributed by atoms with van der Waals surface area (Å²) in [6.07, 6.45) is 3.14. The first kappa shape index (κ1) is 19.3. The van der Waals surface area contributed by atoms with E-state index in [0.717, 1.165) is 6.42 Å². The SMILES string of the molecule is CCCC1=NN(c2ccccc2)C(=O)C1=Cc1ccc(-c2ccccc2[N+](=O)[O-])o1. The van der Waals surface area contributed by atoms with E-state index in [1.165, 1.54) is 11.1 Å². The Balaban J connectivity index is 1.69. The molecule has 2 heterocycles. The number of nitrogens with zero attached hydrogens (tertiary/aromatic N) is 3. The van der Waals surface area contributed by atoms with Crippen molar-refractivity contribution in [1.29, 1.82) is 0 Å². The van der Waals surface area contributed by atoms with E-state index in [0.29, 0.717) is 40.5 Å². The van der Waals surface area contributed by atoms with E-state index in [1.54, 1.807) is 36.4 Å². The molecule has 150 valence electrons. The molecule has 0 N–H and O–H groups in total. The third-order valence-electron chi connectivity index (χ3n) is 4.72. The fraction of sp³-hybridized carbons (Fsp3) is 0.130. The molecule has 0 fully saturated rings. The van der Waals surface area contributed by atoms with Gasteiger partial charge in [-0.3, -0.25) is 14.9 Å². The van der Waals surface area contributed by atoms with Crippen LogP contribution >= 0.6 is 0 Å². The van der Waals surface area contributed by atoms with Gasteiger partial charge in [0.05, 0.1) is 27.5 Å². The first-order valence-electron chi connectivity index (χ1n) is 9.61. The molecule has 0 bridgehead atoms. The van der Waals surface area contributed by atoms with Crippen LogP contribution in [-0.4, -0.2) is 16.5 Å². The molecule has 7 heteroatoms. The summed E-state index contributed by atoms with van der Waals surface area (Å²) < 4.78 is 5.83. The van der Waals surface area contributed by atoms with Gasteiger partial charge < -0.3 is 4.42 Å². The van der Waals surface area contributed by atoms with Crippen LogP contribution in [0.5, 0.6) is 0 Å². The van der Waals surface area contributed by atoms with Gasteiger partial charge in [-0.2, -0.15) is 10.1 Å². The molecule has 1 aliphatic rings. The molecule has 4 rings (SSSR count). The Morgan fingerprint density at radius 1 is 1.07 bits per heavy atom. The molecule has 1 aliphatic heterocycles. The molecule has 0 unspecified atom stereocenters. The van der Waals surface area contributed by atoms with Gasteiger partial charge in [0, 0.05) is 6.07 Å². The molecular weight excluding hydrogens is 382 g/mol. The van der Waals surface area contributed by atoms with E-state index in [1.807, 2.05) is 37.3 Å². The third-order valence-corrected chi connectivity index (χ3v) is 4.72. The highest BCUT2D eigenvalue weighted by Gasteiger charge is 2.31. The monoisotopic (exact) mass is 401 g/mol. The van der Waals surface area contributed by atoms with Crippen molar-refractivity contribution in [2.75, 3.05) is 5.01 Å². The Morgan fingerprint density at radius 3 is 2.53 bits per heavy atom. The quantitative estimate of drug-likeness (QED) is 0.312. The largest absolute Gasteiger partial charge is 0.456 e. The molecule has 1 aromatic heterocycles. The number of para-hydroxylation sites is 2. The van der Waals surface area contributed by atoms with E-state index >= 15 is 0 Å². The zero-order valence-corrected chi connectivity index (χ0v) is 16.3. The zero-order valence-electron chi connectivity index (χ0n) is 16.3. The van der Waals surface area contributed by atoms with Crippen molar-refractivity contribution in [2.45, 2.75) is 19.8 Å². The van der Waals surface area contributed by atoms with Crippen LogP contribution in [0.3, 0.4) is 0 Å². The lowest BCUT2D eigenvalue weighted by atomic mass is 10.1. The summed E-state index contributed by atoms with van der Waals surface area (Å²) in [4.78, 5) is 23.9. The Labute approximate surface area is 173 Å². The van der Waals surface area contributed by atoms with E-state index < -0.39 is 4.92 Å². The van der Waals surface area contributed by atoms with Crippen LogP contribution in [0.2, 0.25) is 0 Å². The van der Waals surface area contributed by atoms with Crippen molar-refractivity contribution in [3.05, 3.63) is 88.2 Å². The van der Waals surface area contributed by atoms with Gasteiger partial charge in [0.2, 0.25) is 0 Å². The number of hydrazone groups is 1. The summed E-state index contributed by atoms with van der Waals surface area (Å²) in [6.45, 7) is 2.02. The number of nitro groups is 1. The second kappa shape index (κ2) is 8.16. The first-order valence-corrected chi connectivity index (χ1v) is 9.61. The van der Waals surface area contributed by atoms with Crippen LogP contribution in [0, 0.1) is 10.1 Å². The third kappa shape index (κ3) is 3.65. The van der Waals surface area contributed by atoms with Crippen molar-refractivity contribution >= 4 is 29.1 Å². The van der Waals surface area contributed by atoms with Gasteiger partial charge in [-0.15, -0.1) is 0 Å². The second-order valence-corrected chi connectivity index (χ2v) is 6.78. The maximum absolute atomic E-state index is 13.0. The summed E-state index contributed by atoms with van der Waals surface area (Å²) >= 11 is 0. The maximum atomic E-state index is 13.0. The van der Waals surface area contributed by atoms with Crippen molar-refractivity contribution in [3.63, 3.8) is 0 Å². The summed E-state index contributed by atoms with van der Waals surface area (Å²) in [6, 6.07) is 19.0. The van der Waals surface area contributed by atoms with E-state index in [2.05, 4.69) is 5.10 Å². The normalized spacial score (nSPS) is 15.0. The number of amides is 1. The molecule has 0 spiro atoms. The van der Waals surface area contributed by atoms with Crippen molar-refractivity contribution < 1.29 is 14.1 Å². The second-order valence-electron chi connectivity index (χ2n) is 6.78. The van der Waals surface area contributed by atoms with Crippen LogP contribution in [0.15, 0.2) is 81.8 Å². The molecule has 1 amide bonds. The summed E-state index contributed by atoms with van der Waals surface area (Å²) in [5.74, 6) is 0.576. The minimum atomic E-state index is -0.444. The number of anilines is 1. The van der Waals surface area contributed by atoms with Crippen molar-refractivity contribution in [1.82, 2.24) is 0 Å². The van der Waals surface area contributed by atoms with Crippen LogP contribution in [0.1, 0.15) is 25.5 Å². The molecule has 0 radical (unpaired) electrons. The Bertz CT molecular complexity index is 1160. The average Bonchev–Trinajstić information content (AvgIpc) is 3.35. The first-order chi connectivity index (χ1) is 14.6. The highest BCUT2D eigenvalue weighted by atomic mass is 16.6. The molecule has 3 aromatic rings. The van der Waals surface area contributed by atoms with Gasteiger partial charge in [0.15, 0.2) is 0 Å². The topological polar surface area (TPSA) is 89.0 Å². The Hall–Kier alpha value is -4.00. The smallest absolute Gasteiger partial charge is 0.280 e. The molecule has 0 aliphatic carbocycles. The van der Waals surface area contributed by atoms with Crippen LogP contribution in [0.4, 0.5) is 11.4 Å². The molecular formula is C23H19N3O4. The molecule has 0 saturated heterocycles. The predicted octanol–water partition coefficient (Wildman–Crippen LogP) is 5.44. The summed E-state index contributed by atoms with van der Waals surface area (Å²) in [5.41, 5.74) is 2.20. The van der Waals surface area contributed by atoms with E-state index in [-0.39, 0.29) is 11.6 Å². The van der Waals surface area contributed by atoms with Crippen molar-refractivity contribution in [3.8, 4) is 11.3 Å². The fourth-order valence-corrected chi connectivity index (χ4v) is 3.33. The van der Waals surface area contributed by atoms with Crippen LogP contribution in [0.25, 0.3) is 17.4 Å². The Kier molecular flexibility index (Phi) is 5.26. The van der Waals surface area contributed by atoms with Gasteiger partial charge in [-0.25, -0.2) is 0 Å². The number of hydrogen-bond acceptors (Lipinski definition) is 5. The minimum absolute atomic E-state index is 0.0357. The number of carbonyl (C=O) groups is 1. The number of benzene rings is 2. The lowest BCUT2D eigenvalue weighted by Gasteiger charge is -2.10. The average molecular weight is 401 g/mol. The standard InChI is InChI=1S/C23H19N3O4/c1-2-8-20-19(23(27)25(24-20)16-9-4-3-5-10-16)15-17-13-14-22(30-17)18-11-6-7-12-21(18)26(28)29/h3-7,9-15H,2,8H2,1H3. The number of carbonyl (C=O) groups excluding carboxylic acids is 1. The van der Waals surface area contributed by atoms with Crippen LogP contribution < -0.4 is 5.01 Å². The lowest BCUT2D eigenvalue weighted by molar-refractivity contribution is -0.384. The molecule has 30 heavy (non-hydrogen) atoms. The zero-order chi connectivity index (χ0) is 21.1. The Morgan fingerprint density at radius 2 is 1.80 bits per heavy atom. The van der Waals surface area contributed by atoms with Crippen LogP contribution in [-0.2, 0) is 4.79 Å². The molecule has 2 aromatic carbocycles. The van der Waals surface area contributed by atoms with E-state index in [9.17, 15) is 14.9 Å². The fourth-order valence-electron chi connectivity index (χ4n) is 3.33. The van der Waals surface area contributed by atoms with Crippen molar-refractivity contribution in [2.24, 2.45) is 5.10 Å². The number of rotatable bonds is 6. The van der Waals surface area contributed by atoms with Gasteiger partial charge >= 0.3 is 0 Å². The summed E-state index contributed by atoms with van der Waals surface area (Å²) in [5, 5.41) is 17.2. The highest BCUT2D eigenvalue weighted by Crippen LogP contribution is 2.32. The highest BCUT2D eigenvalue weighted by molar-refractivity contribution is 6.32. The molecule has 0 atom stereocenters. The van der Waals surface area contributed by atoms with Gasteiger partial charge in [0.25, 0.3) is 11.6 Å². The lowest BCUT2D eigenvalue weighted by Crippen LogP contribution is -2.21. The van der Waals surface area contributed by atoms with Gasteiger partial charge in [-0.05, 0) is 42.8 Å². The molecule has 7 nitrogen and oxygen atoms in total. The number of hydrogen-bond donors (Lipinski definition) is 0. The summed E-state index contributed by atoms with van der Waals surface area (Å²) in [7, 11) is 0. The van der Waals surface area contributed by atoms with Gasteiger partial charge in [-0.1, -0.05) is 43.7 Å². The number of furan rings is 1. The minimum Gasteiger partial charge on any atom is -0.456 e. The van der Waals surface area contributed by atoms with Gasteiger partial charge in [0.1, 0.15) is 11.5 Å². The number of nitro benzene ring substituents is 1. The van der Waals surface area contributed by atoms with E-state index in [4.69, 9.17) is 4.42 Å².